The molecular weight excluding hydrogens is 270 g/mol. The van der Waals surface area contributed by atoms with E-state index in [1.54, 1.807) is 0 Å². The van der Waals surface area contributed by atoms with Crippen LogP contribution in [0.1, 0.15) is 25.8 Å². The molecule has 1 rings (SSSR count). The van der Waals surface area contributed by atoms with Gasteiger partial charge in [0.25, 0.3) is 0 Å². The molecule has 0 aliphatic heterocycles. The van der Waals surface area contributed by atoms with Crippen LogP contribution in [0, 0.1) is 0 Å². The molecule has 0 radical (unpaired) electrons. The number of benzene rings is 1. The van der Waals surface area contributed by atoms with E-state index in [-0.39, 0.29) is 5.41 Å². The van der Waals surface area contributed by atoms with E-state index in [2.05, 4.69) is 15.9 Å². The Kier molecular flexibility index (Phi) is 4.10. The topological polar surface area (TPSA) is 63.3 Å². The first-order chi connectivity index (χ1) is 7.34. The predicted octanol–water partition coefficient (Wildman–Crippen LogP) is 2.53. The van der Waals surface area contributed by atoms with Crippen LogP contribution in [0.4, 0.5) is 0 Å². The van der Waals surface area contributed by atoms with E-state index in [4.69, 9.17) is 10.8 Å². The smallest absolute Gasteiger partial charge is 0.320 e. The Morgan fingerprint density at radius 2 is 2.06 bits per heavy atom. The Morgan fingerprint density at radius 1 is 1.50 bits per heavy atom. The van der Waals surface area contributed by atoms with Crippen molar-refractivity contribution in [2.45, 2.75) is 31.7 Å². The monoisotopic (exact) mass is 285 g/mol. The van der Waals surface area contributed by atoms with Crippen molar-refractivity contribution in [1.29, 1.82) is 0 Å². The molecule has 1 unspecified atom stereocenters. The minimum Gasteiger partial charge on any atom is -0.480 e. The molecule has 0 spiro atoms. The van der Waals surface area contributed by atoms with Crippen LogP contribution in [0.5, 0.6) is 0 Å². The van der Waals surface area contributed by atoms with Crippen LogP contribution < -0.4 is 5.73 Å². The number of hydrogen-bond acceptors (Lipinski definition) is 2. The van der Waals surface area contributed by atoms with E-state index in [9.17, 15) is 4.79 Å². The van der Waals surface area contributed by atoms with E-state index in [1.807, 2.05) is 38.1 Å². The SMILES string of the molecule is CC(C)(CC(N)C(=O)O)c1ccccc1Br. The van der Waals surface area contributed by atoms with Crippen LogP contribution in [-0.4, -0.2) is 17.1 Å². The zero-order chi connectivity index (χ0) is 12.3. The second kappa shape index (κ2) is 4.97. The average Bonchev–Trinajstić information content (AvgIpc) is 2.17. The third-order valence-corrected chi connectivity index (χ3v) is 3.34. The Bertz CT molecular complexity index is 390. The average molecular weight is 286 g/mol. The van der Waals surface area contributed by atoms with Crippen molar-refractivity contribution in [3.8, 4) is 0 Å². The first kappa shape index (κ1) is 13.2. The molecule has 16 heavy (non-hydrogen) atoms. The highest BCUT2D eigenvalue weighted by atomic mass is 79.9. The molecule has 0 aromatic heterocycles. The molecule has 3 nitrogen and oxygen atoms in total. The van der Waals surface area contributed by atoms with Crippen LogP contribution in [0.2, 0.25) is 0 Å². The lowest BCUT2D eigenvalue weighted by atomic mass is 9.79. The first-order valence-electron chi connectivity index (χ1n) is 5.08. The molecule has 0 aliphatic rings. The Morgan fingerprint density at radius 3 is 2.56 bits per heavy atom. The van der Waals surface area contributed by atoms with Crippen LogP contribution in [0.25, 0.3) is 0 Å². The van der Waals surface area contributed by atoms with Gasteiger partial charge in [-0.25, -0.2) is 0 Å². The Balaban J connectivity index is 2.94. The van der Waals surface area contributed by atoms with Gasteiger partial charge in [0.15, 0.2) is 0 Å². The maximum absolute atomic E-state index is 10.8. The molecule has 0 saturated heterocycles. The molecular formula is C12H16BrNO2. The maximum atomic E-state index is 10.8. The lowest BCUT2D eigenvalue weighted by Crippen LogP contribution is -2.37. The van der Waals surface area contributed by atoms with Gasteiger partial charge in [0, 0.05) is 4.47 Å². The fourth-order valence-electron chi connectivity index (χ4n) is 1.76. The third kappa shape index (κ3) is 3.06. The normalized spacial score (nSPS) is 13.5. The fraction of sp³-hybridized carbons (Fsp3) is 0.417. The summed E-state index contributed by atoms with van der Waals surface area (Å²) in [6.45, 7) is 3.99. The zero-order valence-electron chi connectivity index (χ0n) is 9.40. The van der Waals surface area contributed by atoms with Crippen molar-refractivity contribution >= 4 is 21.9 Å². The summed E-state index contributed by atoms with van der Waals surface area (Å²) in [7, 11) is 0. The molecule has 0 heterocycles. The van der Waals surface area contributed by atoms with Gasteiger partial charge in [0.1, 0.15) is 6.04 Å². The lowest BCUT2D eigenvalue weighted by molar-refractivity contribution is -0.139. The fourth-order valence-corrected chi connectivity index (χ4v) is 2.58. The van der Waals surface area contributed by atoms with Crippen molar-refractivity contribution in [3.05, 3.63) is 34.3 Å². The lowest BCUT2D eigenvalue weighted by Gasteiger charge is -2.28. The van der Waals surface area contributed by atoms with Crippen LogP contribution in [0.15, 0.2) is 28.7 Å². The number of halogens is 1. The molecule has 1 atom stereocenters. The largest absolute Gasteiger partial charge is 0.480 e. The number of carbonyl (C=O) groups is 1. The number of rotatable bonds is 4. The number of carboxylic acid groups (broad SMARTS) is 1. The van der Waals surface area contributed by atoms with Gasteiger partial charge in [-0.05, 0) is 23.5 Å². The quantitative estimate of drug-likeness (QED) is 0.894. The molecule has 0 bridgehead atoms. The molecule has 0 aliphatic carbocycles. The summed E-state index contributed by atoms with van der Waals surface area (Å²) in [5.74, 6) is -0.958. The van der Waals surface area contributed by atoms with E-state index < -0.39 is 12.0 Å². The van der Waals surface area contributed by atoms with Crippen LogP contribution in [-0.2, 0) is 10.2 Å². The zero-order valence-corrected chi connectivity index (χ0v) is 11.0. The minimum absolute atomic E-state index is 0.266. The molecule has 0 amide bonds. The highest BCUT2D eigenvalue weighted by Gasteiger charge is 2.28. The second-order valence-electron chi connectivity index (χ2n) is 4.51. The molecule has 88 valence electrons. The summed E-state index contributed by atoms with van der Waals surface area (Å²) < 4.78 is 0.984. The van der Waals surface area contributed by atoms with Gasteiger partial charge < -0.3 is 10.8 Å². The van der Waals surface area contributed by atoms with Gasteiger partial charge in [-0.3, -0.25) is 4.79 Å². The van der Waals surface area contributed by atoms with Crippen LogP contribution >= 0.6 is 15.9 Å². The number of carboxylic acids is 1. The van der Waals surface area contributed by atoms with Gasteiger partial charge in [0.05, 0.1) is 0 Å². The minimum atomic E-state index is -0.958. The van der Waals surface area contributed by atoms with Gasteiger partial charge in [0.2, 0.25) is 0 Å². The van der Waals surface area contributed by atoms with E-state index in [1.165, 1.54) is 0 Å². The van der Waals surface area contributed by atoms with Crippen molar-refractivity contribution in [3.63, 3.8) is 0 Å². The summed E-state index contributed by atoms with van der Waals surface area (Å²) in [5.41, 5.74) is 6.38. The van der Waals surface area contributed by atoms with Crippen molar-refractivity contribution in [2.75, 3.05) is 0 Å². The van der Waals surface area contributed by atoms with Crippen molar-refractivity contribution < 1.29 is 9.90 Å². The van der Waals surface area contributed by atoms with E-state index in [0.717, 1.165) is 10.0 Å². The second-order valence-corrected chi connectivity index (χ2v) is 5.37. The van der Waals surface area contributed by atoms with Gasteiger partial charge in [-0.1, -0.05) is 48.0 Å². The van der Waals surface area contributed by atoms with Crippen molar-refractivity contribution in [1.82, 2.24) is 0 Å². The van der Waals surface area contributed by atoms with E-state index >= 15 is 0 Å². The third-order valence-electron chi connectivity index (χ3n) is 2.65. The summed E-state index contributed by atoms with van der Waals surface area (Å²) in [5, 5.41) is 8.82. The first-order valence-corrected chi connectivity index (χ1v) is 5.87. The molecule has 4 heteroatoms. The highest BCUT2D eigenvalue weighted by molar-refractivity contribution is 9.10. The maximum Gasteiger partial charge on any atom is 0.320 e. The van der Waals surface area contributed by atoms with Gasteiger partial charge in [-0.2, -0.15) is 0 Å². The van der Waals surface area contributed by atoms with Gasteiger partial charge in [-0.15, -0.1) is 0 Å². The Hall–Kier alpha value is -0.870. The highest BCUT2D eigenvalue weighted by Crippen LogP contribution is 2.33. The molecule has 0 saturated carbocycles. The van der Waals surface area contributed by atoms with Crippen LogP contribution in [0.3, 0.4) is 0 Å². The molecule has 1 aromatic rings. The molecule has 0 fully saturated rings. The van der Waals surface area contributed by atoms with E-state index in [0.29, 0.717) is 6.42 Å². The predicted molar refractivity (Wildman–Crippen MR) is 67.4 cm³/mol. The summed E-state index contributed by atoms with van der Waals surface area (Å²) >= 11 is 3.47. The number of nitrogens with two attached hydrogens (primary N) is 1. The Labute approximate surface area is 104 Å². The van der Waals surface area contributed by atoms with Gasteiger partial charge >= 0.3 is 5.97 Å². The standard InChI is InChI=1S/C12H16BrNO2/c1-12(2,7-10(14)11(15)16)8-5-3-4-6-9(8)13/h3-6,10H,7,14H2,1-2H3,(H,15,16). The number of aliphatic carboxylic acids is 1. The number of hydrogen-bond donors (Lipinski definition) is 2. The van der Waals surface area contributed by atoms with Crippen molar-refractivity contribution in [2.24, 2.45) is 5.73 Å². The summed E-state index contributed by atoms with van der Waals surface area (Å²) in [6, 6.07) is 6.97. The summed E-state index contributed by atoms with van der Waals surface area (Å²) in [4.78, 5) is 10.8. The summed E-state index contributed by atoms with van der Waals surface area (Å²) in [6.07, 6.45) is 0.408. The molecule has 1 aromatic carbocycles. The molecule has 3 N–H and O–H groups in total.